The van der Waals surface area contributed by atoms with Gasteiger partial charge in [0, 0.05) is 16.7 Å². The summed E-state index contributed by atoms with van der Waals surface area (Å²) in [6, 6.07) is 24.6. The summed E-state index contributed by atoms with van der Waals surface area (Å²) in [4.78, 5) is 4.23. The second kappa shape index (κ2) is 10.1. The molecule has 1 N–H and O–H groups in total. The number of halogens is 3. The van der Waals surface area contributed by atoms with Crippen LogP contribution in [0.2, 0.25) is 0 Å². The fourth-order valence-electron chi connectivity index (χ4n) is 3.55. The van der Waals surface area contributed by atoms with Gasteiger partial charge in [0.25, 0.3) is 0 Å². The summed E-state index contributed by atoms with van der Waals surface area (Å²) in [6.45, 7) is 0. The minimum absolute atomic E-state index is 0.123. The summed E-state index contributed by atoms with van der Waals surface area (Å²) < 4.78 is 49.1. The Morgan fingerprint density at radius 1 is 0.879 bits per heavy atom. The van der Waals surface area contributed by atoms with Crippen molar-refractivity contribution in [1.29, 1.82) is 0 Å². The predicted octanol–water partition coefficient (Wildman–Crippen LogP) is 7.16. The summed E-state index contributed by atoms with van der Waals surface area (Å²) >= 11 is 0.976. The van der Waals surface area contributed by atoms with E-state index in [0.29, 0.717) is 5.75 Å². The zero-order chi connectivity index (χ0) is 23.3. The van der Waals surface area contributed by atoms with Crippen LogP contribution in [0.25, 0.3) is 11.1 Å². The van der Waals surface area contributed by atoms with Crippen LogP contribution < -0.4 is 9.46 Å². The molecule has 0 radical (unpaired) electrons. The minimum atomic E-state index is -4.43. The molecule has 0 bridgehead atoms. The van der Waals surface area contributed by atoms with Crippen molar-refractivity contribution in [3.63, 3.8) is 0 Å². The number of aromatic nitrogens is 1. The van der Waals surface area contributed by atoms with Gasteiger partial charge in [-0.25, -0.2) is 4.72 Å². The van der Waals surface area contributed by atoms with Crippen LogP contribution in [0.1, 0.15) is 22.7 Å². The number of alkyl halides is 3. The summed E-state index contributed by atoms with van der Waals surface area (Å²) in [5.74, 6) is 0.646. The highest BCUT2D eigenvalue weighted by atomic mass is 32.2. The van der Waals surface area contributed by atoms with E-state index in [0.717, 1.165) is 40.3 Å². The van der Waals surface area contributed by atoms with Crippen molar-refractivity contribution in [3.05, 3.63) is 114 Å². The molecule has 0 saturated carbocycles. The predicted molar refractivity (Wildman–Crippen MR) is 125 cm³/mol. The lowest BCUT2D eigenvalue weighted by Gasteiger charge is -2.21. The Morgan fingerprint density at radius 3 is 2.36 bits per heavy atom. The van der Waals surface area contributed by atoms with Crippen LogP contribution in [0.3, 0.4) is 0 Å². The number of benzene rings is 3. The molecule has 0 aliphatic heterocycles. The van der Waals surface area contributed by atoms with E-state index < -0.39 is 11.7 Å². The molecule has 4 rings (SSSR count). The average Bonchev–Trinajstić information content (AvgIpc) is 2.84. The fourth-order valence-corrected chi connectivity index (χ4v) is 4.51. The fraction of sp³-hybridized carbons (Fsp3) is 0.115. The maximum atomic E-state index is 13.5. The summed E-state index contributed by atoms with van der Waals surface area (Å²) in [7, 11) is 1.59. The number of hydrogen-bond donors (Lipinski definition) is 1. The van der Waals surface area contributed by atoms with Gasteiger partial charge in [0.15, 0.2) is 0 Å². The van der Waals surface area contributed by atoms with Crippen LogP contribution in [0.5, 0.6) is 5.75 Å². The molecule has 1 unspecified atom stereocenters. The molecule has 4 aromatic rings. The van der Waals surface area contributed by atoms with Crippen molar-refractivity contribution in [2.45, 2.75) is 17.1 Å². The first-order valence-corrected chi connectivity index (χ1v) is 11.0. The van der Waals surface area contributed by atoms with Crippen molar-refractivity contribution in [1.82, 2.24) is 9.71 Å². The lowest BCUT2D eigenvalue weighted by Crippen LogP contribution is -2.17. The largest absolute Gasteiger partial charge is 0.494 e. The molecule has 0 aliphatic carbocycles. The first-order valence-electron chi connectivity index (χ1n) is 10.2. The second-order valence-corrected chi connectivity index (χ2v) is 8.14. The Bertz CT molecular complexity index is 1220. The van der Waals surface area contributed by atoms with Crippen LogP contribution >= 0.6 is 11.9 Å². The van der Waals surface area contributed by atoms with Crippen molar-refractivity contribution >= 4 is 11.9 Å². The van der Waals surface area contributed by atoms with Gasteiger partial charge < -0.3 is 4.74 Å². The minimum Gasteiger partial charge on any atom is -0.494 e. The number of nitrogens with one attached hydrogen (secondary N) is 1. The molecule has 7 heteroatoms. The number of rotatable bonds is 7. The molecule has 1 heterocycles. The van der Waals surface area contributed by atoms with Gasteiger partial charge >= 0.3 is 6.18 Å². The van der Waals surface area contributed by atoms with E-state index in [4.69, 9.17) is 4.74 Å². The van der Waals surface area contributed by atoms with Crippen LogP contribution in [0, 0.1) is 0 Å². The van der Waals surface area contributed by atoms with E-state index in [1.807, 2.05) is 60.7 Å². The Labute approximate surface area is 194 Å². The average molecular weight is 467 g/mol. The van der Waals surface area contributed by atoms with E-state index >= 15 is 0 Å². The molecule has 0 spiro atoms. The van der Waals surface area contributed by atoms with Gasteiger partial charge in [-0.3, -0.25) is 4.98 Å². The van der Waals surface area contributed by atoms with Gasteiger partial charge in [-0.2, -0.15) is 13.2 Å². The highest BCUT2D eigenvalue weighted by Crippen LogP contribution is 2.38. The molecule has 33 heavy (non-hydrogen) atoms. The van der Waals surface area contributed by atoms with Gasteiger partial charge in [-0.15, -0.1) is 0 Å². The second-order valence-electron chi connectivity index (χ2n) is 7.26. The van der Waals surface area contributed by atoms with Crippen molar-refractivity contribution < 1.29 is 17.9 Å². The third kappa shape index (κ3) is 5.38. The zero-order valence-corrected chi connectivity index (χ0v) is 18.5. The number of ether oxygens (including phenoxy) is 1. The molecule has 3 nitrogen and oxygen atoms in total. The number of methoxy groups -OCH3 is 1. The maximum absolute atomic E-state index is 13.5. The van der Waals surface area contributed by atoms with E-state index in [1.54, 1.807) is 25.6 Å². The maximum Gasteiger partial charge on any atom is 0.417 e. The molecular formula is C26H21F3N2OS. The zero-order valence-electron chi connectivity index (χ0n) is 17.7. The molecule has 3 aromatic carbocycles. The highest BCUT2D eigenvalue weighted by Gasteiger charge is 2.33. The van der Waals surface area contributed by atoms with E-state index in [9.17, 15) is 13.2 Å². The lowest BCUT2D eigenvalue weighted by atomic mass is 9.96. The first-order chi connectivity index (χ1) is 16.0. The SMILES string of the molecule is COc1cnccc1-c1cccc(C(NSc2ccccc2C(F)(F)F)c2ccccc2)c1. The van der Waals surface area contributed by atoms with Crippen molar-refractivity contribution in [2.75, 3.05) is 7.11 Å². The van der Waals surface area contributed by atoms with Crippen LogP contribution in [-0.4, -0.2) is 12.1 Å². The summed E-state index contributed by atoms with van der Waals surface area (Å²) in [5, 5.41) is 0. The van der Waals surface area contributed by atoms with Gasteiger partial charge in [0.2, 0.25) is 0 Å². The first kappa shape index (κ1) is 22.9. The third-order valence-electron chi connectivity index (χ3n) is 5.15. The quantitative estimate of drug-likeness (QED) is 0.293. The normalized spacial score (nSPS) is 12.4. The Balaban J connectivity index is 1.70. The summed E-state index contributed by atoms with van der Waals surface area (Å²) in [6.07, 6.45) is -1.08. The molecule has 0 aliphatic rings. The monoisotopic (exact) mass is 466 g/mol. The number of hydrogen-bond acceptors (Lipinski definition) is 4. The third-order valence-corrected chi connectivity index (χ3v) is 6.08. The Morgan fingerprint density at radius 2 is 1.61 bits per heavy atom. The van der Waals surface area contributed by atoms with Crippen LogP contribution in [0.15, 0.2) is 102 Å². The van der Waals surface area contributed by atoms with E-state index in [1.165, 1.54) is 12.1 Å². The van der Waals surface area contributed by atoms with E-state index in [2.05, 4.69) is 9.71 Å². The molecule has 0 fully saturated rings. The molecule has 0 amide bonds. The number of nitrogens with zero attached hydrogens (tertiary/aromatic N) is 1. The van der Waals surface area contributed by atoms with Crippen molar-refractivity contribution in [3.8, 4) is 16.9 Å². The van der Waals surface area contributed by atoms with Crippen LogP contribution in [-0.2, 0) is 6.18 Å². The molecule has 0 saturated heterocycles. The van der Waals surface area contributed by atoms with Gasteiger partial charge in [0.1, 0.15) is 5.75 Å². The molecular weight excluding hydrogens is 445 g/mol. The molecule has 1 aromatic heterocycles. The van der Waals surface area contributed by atoms with Crippen molar-refractivity contribution in [2.24, 2.45) is 0 Å². The summed E-state index contributed by atoms with van der Waals surface area (Å²) in [5.41, 5.74) is 3.00. The highest BCUT2D eigenvalue weighted by molar-refractivity contribution is 7.97. The van der Waals surface area contributed by atoms with E-state index in [-0.39, 0.29) is 10.9 Å². The lowest BCUT2D eigenvalue weighted by molar-refractivity contribution is -0.139. The van der Waals surface area contributed by atoms with Gasteiger partial charge in [0.05, 0.1) is 24.9 Å². The van der Waals surface area contributed by atoms with Gasteiger partial charge in [-0.05, 0) is 52.9 Å². The van der Waals surface area contributed by atoms with Crippen LogP contribution in [0.4, 0.5) is 13.2 Å². The smallest absolute Gasteiger partial charge is 0.417 e. The van der Waals surface area contributed by atoms with Gasteiger partial charge in [-0.1, -0.05) is 60.7 Å². The topological polar surface area (TPSA) is 34.1 Å². The molecule has 168 valence electrons. The standard InChI is InChI=1S/C26H21F3N2OS/c1-32-23-17-30-15-14-21(23)19-10-7-11-20(16-19)25(18-8-3-2-4-9-18)31-33-24-13-6-5-12-22(24)26(27,28)29/h2-17,25,31H,1H3. The Kier molecular flexibility index (Phi) is 7.01. The molecule has 1 atom stereocenters. The Hall–Kier alpha value is -3.29. The number of pyridine rings is 1.